The molecule has 0 radical (unpaired) electrons. The van der Waals surface area contributed by atoms with E-state index in [1.807, 2.05) is 24.3 Å². The van der Waals surface area contributed by atoms with Gasteiger partial charge < -0.3 is 29.3 Å². The van der Waals surface area contributed by atoms with Gasteiger partial charge in [0.15, 0.2) is 23.9 Å². The van der Waals surface area contributed by atoms with Gasteiger partial charge in [0.05, 0.1) is 43.7 Å². The maximum Gasteiger partial charge on any atom is 0.414 e. The first kappa shape index (κ1) is 39.1. The van der Waals surface area contributed by atoms with Crippen LogP contribution in [-0.4, -0.2) is 78.7 Å². The fraction of sp³-hybridized carbons (Fsp3) is 0.308. The van der Waals surface area contributed by atoms with E-state index in [1.54, 1.807) is 47.5 Å². The summed E-state index contributed by atoms with van der Waals surface area (Å²) < 4.78 is 23.8. The number of aromatic nitrogens is 3. The number of nitrogens with one attached hydrogen (secondary N) is 1. The third kappa shape index (κ3) is 9.05. The Morgan fingerprint density at radius 1 is 1.05 bits per heavy atom. The Balaban J connectivity index is 0.00000166. The van der Waals surface area contributed by atoms with Crippen molar-refractivity contribution in [3.05, 3.63) is 117 Å². The summed E-state index contributed by atoms with van der Waals surface area (Å²) in [7, 11) is 3.03. The van der Waals surface area contributed by atoms with Crippen LogP contribution in [0.3, 0.4) is 0 Å². The van der Waals surface area contributed by atoms with Crippen molar-refractivity contribution in [3.8, 4) is 11.5 Å². The number of esters is 1. The Kier molecular flexibility index (Phi) is 12.6. The van der Waals surface area contributed by atoms with E-state index >= 15 is 0 Å². The lowest BCUT2D eigenvalue weighted by Gasteiger charge is -2.44. The third-order valence-electron chi connectivity index (χ3n) is 9.79. The number of para-hydroxylation sites is 1. The minimum atomic E-state index is -0.889. The zero-order valence-electron chi connectivity index (χ0n) is 30.0. The molecule has 288 valence electrons. The number of hydrogen-bond donors (Lipinski definition) is 2. The maximum absolute atomic E-state index is 14.0. The van der Waals surface area contributed by atoms with E-state index in [1.165, 1.54) is 26.6 Å². The first-order valence-electron chi connectivity index (χ1n) is 17.4. The van der Waals surface area contributed by atoms with Gasteiger partial charge in [0, 0.05) is 23.9 Å². The Hall–Kier alpha value is -5.57. The number of ether oxygens (including phenoxy) is 4. The summed E-state index contributed by atoms with van der Waals surface area (Å²) in [5, 5.41) is 27.2. The number of hydrogen-bond acceptors (Lipinski definition) is 10. The lowest BCUT2D eigenvalue weighted by atomic mass is 9.86. The van der Waals surface area contributed by atoms with Crippen LogP contribution < -0.4 is 19.1 Å². The van der Waals surface area contributed by atoms with E-state index in [0.717, 1.165) is 37.9 Å². The number of carbonyl (C=O) groups is 3. The molecule has 2 atom stereocenters. The molecule has 55 heavy (non-hydrogen) atoms. The average Bonchev–Trinajstić information content (AvgIpc) is 3.68. The highest BCUT2D eigenvalue weighted by Crippen LogP contribution is 2.36. The number of carboxylic acid groups (broad SMARTS) is 1. The molecule has 2 N–H and O–H groups in total. The highest BCUT2D eigenvalue weighted by atomic mass is 35.5. The maximum atomic E-state index is 14.0. The summed E-state index contributed by atoms with van der Waals surface area (Å²) in [5.74, 6) is 0.635. The normalized spacial score (nSPS) is 17.7. The number of piperidine rings is 3. The number of pyridine rings is 1. The molecule has 5 aromatic rings. The molecule has 0 saturated carbocycles. The van der Waals surface area contributed by atoms with E-state index in [2.05, 4.69) is 15.1 Å². The second-order valence-electron chi connectivity index (χ2n) is 13.1. The lowest BCUT2D eigenvalue weighted by Crippen LogP contribution is -2.53. The Labute approximate surface area is 326 Å². The molecule has 2 aromatic heterocycles. The summed E-state index contributed by atoms with van der Waals surface area (Å²) in [5.41, 5.74) is 3.26. The molecule has 3 aromatic carbocycles. The fourth-order valence-corrected chi connectivity index (χ4v) is 7.63. The Morgan fingerprint density at radius 2 is 1.76 bits per heavy atom. The van der Waals surface area contributed by atoms with Crippen molar-refractivity contribution in [1.82, 2.24) is 15.1 Å². The number of fused-ring (bicyclic) bond motifs is 4. The lowest BCUT2D eigenvalue weighted by molar-refractivity contribution is -0.605. The zero-order chi connectivity index (χ0) is 39.1. The second kappa shape index (κ2) is 17.7. The van der Waals surface area contributed by atoms with Crippen LogP contribution in [0.4, 0.5) is 10.5 Å². The average molecular weight is 793 g/mol. The number of halogens is 2. The molecule has 5 heterocycles. The van der Waals surface area contributed by atoms with Crippen LogP contribution in [-0.2, 0) is 27.2 Å². The highest BCUT2D eigenvalue weighted by molar-refractivity contribution is 6.35. The van der Waals surface area contributed by atoms with Gasteiger partial charge in [-0.1, -0.05) is 53.5 Å². The number of benzene rings is 3. The van der Waals surface area contributed by atoms with Gasteiger partial charge in [-0.3, -0.25) is 19.7 Å². The van der Waals surface area contributed by atoms with Gasteiger partial charge in [-0.2, -0.15) is 9.83 Å². The van der Waals surface area contributed by atoms with Gasteiger partial charge in [0.2, 0.25) is 0 Å². The number of methoxy groups -OCH3 is 2. The summed E-state index contributed by atoms with van der Waals surface area (Å²) in [6.45, 7) is 2.63. The predicted molar refractivity (Wildman–Crippen MR) is 204 cm³/mol. The molecular weight excluding hydrogens is 753 g/mol. The summed E-state index contributed by atoms with van der Waals surface area (Å²) in [6.07, 6.45) is 4.60. The molecule has 3 aliphatic rings. The van der Waals surface area contributed by atoms with Crippen molar-refractivity contribution in [2.24, 2.45) is 5.92 Å². The summed E-state index contributed by atoms with van der Waals surface area (Å²) in [4.78, 5) is 40.2. The van der Waals surface area contributed by atoms with Crippen molar-refractivity contribution in [1.29, 1.82) is 0 Å². The molecule has 0 spiro atoms. The number of H-pyrrole nitrogens is 1. The highest BCUT2D eigenvalue weighted by Gasteiger charge is 2.38. The number of nitrogens with zero attached hydrogens (tertiary/aromatic N) is 4. The van der Waals surface area contributed by atoms with E-state index in [4.69, 9.17) is 52.1 Å². The molecule has 3 aliphatic heterocycles. The first-order chi connectivity index (χ1) is 26.6. The van der Waals surface area contributed by atoms with Crippen molar-refractivity contribution < 1.29 is 43.2 Å². The molecule has 14 nitrogen and oxygen atoms in total. The smallest absolute Gasteiger partial charge is 0.414 e. The number of amides is 1. The van der Waals surface area contributed by atoms with Gasteiger partial charge in [0.25, 0.3) is 6.47 Å². The van der Waals surface area contributed by atoms with E-state index in [-0.39, 0.29) is 41.2 Å². The summed E-state index contributed by atoms with van der Waals surface area (Å²) >= 11 is 12.9. The largest absolute Gasteiger partial charge is 0.619 e. The van der Waals surface area contributed by atoms with Crippen LogP contribution in [0.15, 0.2) is 79.3 Å². The minimum absolute atomic E-state index is 0.0623. The van der Waals surface area contributed by atoms with Gasteiger partial charge in [0.1, 0.15) is 22.3 Å². The van der Waals surface area contributed by atoms with Crippen molar-refractivity contribution in [2.75, 3.05) is 38.8 Å². The molecule has 2 bridgehead atoms. The van der Waals surface area contributed by atoms with Crippen LogP contribution in [0.5, 0.6) is 11.5 Å². The SMILES string of the molecule is COc1ccc(C(Cc2c(Cl)c[n+]([O-])cc2Cl)OC(=O)c2cccc(CN(C(=O)O[C@H]3CN4CCC3CC4)c3cccc4cn[nH]c34)c2)cc1OC.O=CO. The quantitative estimate of drug-likeness (QED) is 0.0640. The van der Waals surface area contributed by atoms with E-state index in [9.17, 15) is 14.8 Å². The molecule has 3 saturated heterocycles. The molecule has 16 heteroatoms. The van der Waals surface area contributed by atoms with Gasteiger partial charge >= 0.3 is 12.1 Å². The number of anilines is 1. The minimum Gasteiger partial charge on any atom is -0.619 e. The van der Waals surface area contributed by atoms with Gasteiger partial charge in [-0.25, -0.2) is 9.59 Å². The zero-order valence-corrected chi connectivity index (χ0v) is 31.5. The van der Waals surface area contributed by atoms with Crippen molar-refractivity contribution >= 4 is 58.3 Å². The standard InChI is InChI=1S/C38H37Cl2N5O7.CH2O2/c1-49-32-10-9-25(16-34(32)50-2)33(17-28-29(39)20-44(48)21-30(28)40)51-37(46)26-6-3-5-23(15-26)19-45(31-8-4-7-27-18-41-42-36(27)31)38(47)52-35-22-43-13-11-24(35)12-14-43;2-1-3/h3-10,15-16,18,20-21,24,33,35H,11-14,17,19,22H2,1-2H3,(H,41,42);1H,(H,2,3)/t33?,35-;/m0./s1. The molecular formula is C39H39Cl2N5O9. The van der Waals surface area contributed by atoms with Crippen LogP contribution >= 0.6 is 23.2 Å². The Morgan fingerprint density at radius 3 is 2.44 bits per heavy atom. The predicted octanol–water partition coefficient (Wildman–Crippen LogP) is 6.60. The molecule has 0 aliphatic carbocycles. The van der Waals surface area contributed by atoms with E-state index in [0.29, 0.717) is 50.0 Å². The number of rotatable bonds is 11. The number of carbonyl (C=O) groups excluding carboxylic acids is 2. The molecule has 1 unspecified atom stereocenters. The molecule has 3 fully saturated rings. The third-order valence-corrected chi connectivity index (χ3v) is 10.4. The first-order valence-corrected chi connectivity index (χ1v) is 18.2. The second-order valence-corrected chi connectivity index (χ2v) is 13.9. The Bertz CT molecular complexity index is 2130. The van der Waals surface area contributed by atoms with Crippen molar-refractivity contribution in [2.45, 2.75) is 38.0 Å². The van der Waals surface area contributed by atoms with Crippen LogP contribution in [0.1, 0.15) is 46.0 Å². The molecule has 1 amide bonds. The number of aromatic amines is 1. The van der Waals surface area contributed by atoms with Gasteiger partial charge in [-0.15, -0.1) is 0 Å². The monoisotopic (exact) mass is 791 g/mol. The summed E-state index contributed by atoms with van der Waals surface area (Å²) in [6, 6.07) is 17.7. The van der Waals surface area contributed by atoms with Crippen molar-refractivity contribution in [3.63, 3.8) is 0 Å². The van der Waals surface area contributed by atoms with Crippen LogP contribution in [0.25, 0.3) is 10.9 Å². The van der Waals surface area contributed by atoms with Gasteiger partial charge in [-0.05, 0) is 73.3 Å². The van der Waals surface area contributed by atoms with E-state index < -0.39 is 18.2 Å². The van der Waals surface area contributed by atoms with Crippen LogP contribution in [0.2, 0.25) is 10.0 Å². The fourth-order valence-electron chi connectivity index (χ4n) is 7.03. The topological polar surface area (TPSA) is 170 Å². The van der Waals surface area contributed by atoms with Crippen LogP contribution in [0, 0.1) is 11.1 Å². The molecule has 8 rings (SSSR count).